The van der Waals surface area contributed by atoms with Crippen molar-refractivity contribution in [3.8, 4) is 0 Å². The third kappa shape index (κ3) is 2.93. The number of hydrogen-bond acceptors (Lipinski definition) is 3. The Balaban J connectivity index is 2.47. The van der Waals surface area contributed by atoms with Gasteiger partial charge in [0.1, 0.15) is 17.2 Å². The van der Waals surface area contributed by atoms with Crippen LogP contribution in [0.5, 0.6) is 0 Å². The highest BCUT2D eigenvalue weighted by atomic mass is 79.9. The Labute approximate surface area is 121 Å². The first-order chi connectivity index (χ1) is 9.38. The van der Waals surface area contributed by atoms with Gasteiger partial charge in [0, 0.05) is 18.0 Å². The fourth-order valence-electron chi connectivity index (χ4n) is 1.60. The van der Waals surface area contributed by atoms with Crippen molar-refractivity contribution in [3.63, 3.8) is 0 Å². The van der Waals surface area contributed by atoms with Crippen molar-refractivity contribution in [3.05, 3.63) is 51.8 Å². The predicted octanol–water partition coefficient (Wildman–Crippen LogP) is 3.87. The normalized spacial score (nSPS) is 10.4. The van der Waals surface area contributed by atoms with Gasteiger partial charge in [-0.1, -0.05) is 0 Å². The first kappa shape index (κ1) is 14.4. The number of rotatable bonds is 3. The van der Waals surface area contributed by atoms with Gasteiger partial charge in [-0.05, 0) is 35.0 Å². The first-order valence-corrected chi connectivity index (χ1v) is 6.29. The number of carboxylic acid groups (broad SMARTS) is 1. The average molecular weight is 343 g/mol. The zero-order valence-electron chi connectivity index (χ0n) is 10.2. The Bertz CT molecular complexity index is 692. The molecule has 1 heterocycles. The topological polar surface area (TPSA) is 62.2 Å². The van der Waals surface area contributed by atoms with Crippen LogP contribution >= 0.6 is 15.9 Å². The molecule has 0 radical (unpaired) electrons. The number of nitrogens with one attached hydrogen (secondary N) is 1. The van der Waals surface area contributed by atoms with E-state index in [-0.39, 0.29) is 21.4 Å². The van der Waals surface area contributed by atoms with Crippen LogP contribution in [0.2, 0.25) is 0 Å². The zero-order chi connectivity index (χ0) is 14.9. The molecule has 0 saturated heterocycles. The molecule has 0 fully saturated rings. The molecule has 20 heavy (non-hydrogen) atoms. The van der Waals surface area contributed by atoms with Gasteiger partial charge in [0.05, 0.1) is 15.8 Å². The lowest BCUT2D eigenvalue weighted by atomic mass is 10.2. The number of pyridine rings is 1. The smallest absolute Gasteiger partial charge is 0.339 e. The molecule has 2 N–H and O–H groups in total. The minimum Gasteiger partial charge on any atom is -0.478 e. The number of halogens is 3. The second-order valence-corrected chi connectivity index (χ2v) is 4.90. The fourth-order valence-corrected chi connectivity index (χ4v) is 1.91. The molecule has 0 aliphatic rings. The van der Waals surface area contributed by atoms with E-state index >= 15 is 0 Å². The van der Waals surface area contributed by atoms with Crippen LogP contribution in [0.1, 0.15) is 16.1 Å². The molecule has 0 atom stereocenters. The number of hydrogen-bond donors (Lipinski definition) is 2. The van der Waals surface area contributed by atoms with Crippen molar-refractivity contribution >= 4 is 33.3 Å². The molecule has 1 aromatic heterocycles. The molecule has 2 aromatic rings. The first-order valence-electron chi connectivity index (χ1n) is 5.50. The van der Waals surface area contributed by atoms with Crippen LogP contribution in [0, 0.1) is 18.6 Å². The van der Waals surface area contributed by atoms with Crippen molar-refractivity contribution in [1.29, 1.82) is 0 Å². The van der Waals surface area contributed by atoms with Gasteiger partial charge in [-0.3, -0.25) is 4.98 Å². The van der Waals surface area contributed by atoms with E-state index in [2.05, 4.69) is 26.2 Å². The minimum absolute atomic E-state index is 0.00934. The van der Waals surface area contributed by atoms with Gasteiger partial charge in [-0.25, -0.2) is 13.6 Å². The molecule has 7 heteroatoms. The monoisotopic (exact) mass is 342 g/mol. The number of benzene rings is 1. The van der Waals surface area contributed by atoms with Crippen molar-refractivity contribution in [2.75, 3.05) is 5.32 Å². The van der Waals surface area contributed by atoms with Gasteiger partial charge < -0.3 is 10.4 Å². The van der Waals surface area contributed by atoms with E-state index in [1.165, 1.54) is 6.07 Å². The highest BCUT2D eigenvalue weighted by Crippen LogP contribution is 2.27. The van der Waals surface area contributed by atoms with Gasteiger partial charge in [0.15, 0.2) is 0 Å². The van der Waals surface area contributed by atoms with E-state index in [0.717, 1.165) is 18.3 Å². The van der Waals surface area contributed by atoms with Crippen molar-refractivity contribution in [1.82, 2.24) is 4.98 Å². The second kappa shape index (κ2) is 5.54. The minimum atomic E-state index is -1.21. The zero-order valence-corrected chi connectivity index (χ0v) is 11.8. The summed E-state index contributed by atoms with van der Waals surface area (Å²) in [7, 11) is 0. The quantitative estimate of drug-likeness (QED) is 0.831. The molecule has 0 aliphatic heterocycles. The van der Waals surface area contributed by atoms with Crippen LogP contribution in [0.25, 0.3) is 0 Å². The maximum absolute atomic E-state index is 13.7. The van der Waals surface area contributed by atoms with Crippen molar-refractivity contribution in [2.45, 2.75) is 6.92 Å². The summed E-state index contributed by atoms with van der Waals surface area (Å²) in [5, 5.41) is 11.6. The molecular formula is C13H9BrF2N2O2. The third-order valence-electron chi connectivity index (χ3n) is 2.55. The molecule has 2 rings (SSSR count). The molecule has 0 amide bonds. The van der Waals surface area contributed by atoms with Crippen molar-refractivity contribution < 1.29 is 18.7 Å². The third-order valence-corrected chi connectivity index (χ3v) is 3.16. The van der Waals surface area contributed by atoms with Crippen LogP contribution in [0.4, 0.5) is 20.2 Å². The molecule has 0 unspecified atom stereocenters. The number of aromatic carboxylic acids is 1. The summed E-state index contributed by atoms with van der Waals surface area (Å²) in [5.74, 6) is -2.57. The molecule has 0 bridgehead atoms. The van der Waals surface area contributed by atoms with Crippen LogP contribution in [0.15, 0.2) is 28.9 Å². The number of nitrogens with zero attached hydrogens (tertiary/aromatic N) is 1. The lowest BCUT2D eigenvalue weighted by Gasteiger charge is -2.11. The van der Waals surface area contributed by atoms with E-state index in [0.29, 0.717) is 5.69 Å². The number of carboxylic acids is 1. The van der Waals surface area contributed by atoms with Gasteiger partial charge in [0.25, 0.3) is 0 Å². The van der Waals surface area contributed by atoms with Gasteiger partial charge >= 0.3 is 5.97 Å². The van der Waals surface area contributed by atoms with E-state index in [1.54, 1.807) is 6.92 Å². The average Bonchev–Trinajstić information content (AvgIpc) is 2.35. The van der Waals surface area contributed by atoms with Crippen LogP contribution in [0.3, 0.4) is 0 Å². The highest BCUT2D eigenvalue weighted by Gasteiger charge is 2.14. The fraction of sp³-hybridized carbons (Fsp3) is 0.0769. The molecule has 4 nitrogen and oxygen atoms in total. The molecule has 1 aromatic carbocycles. The SMILES string of the molecule is Cc1cc(Nc2cc(F)c(Br)cc2F)c(C(=O)O)cn1. The Morgan fingerprint density at radius 1 is 1.25 bits per heavy atom. The molecular weight excluding hydrogens is 334 g/mol. The summed E-state index contributed by atoms with van der Waals surface area (Å²) in [4.78, 5) is 14.9. The maximum atomic E-state index is 13.7. The van der Waals surface area contributed by atoms with E-state index in [9.17, 15) is 13.6 Å². The summed E-state index contributed by atoms with van der Waals surface area (Å²) in [6.07, 6.45) is 1.16. The van der Waals surface area contributed by atoms with E-state index in [1.807, 2.05) is 0 Å². The van der Waals surface area contributed by atoms with Crippen LogP contribution in [-0.2, 0) is 0 Å². The maximum Gasteiger partial charge on any atom is 0.339 e. The second-order valence-electron chi connectivity index (χ2n) is 4.05. The molecule has 0 aliphatic carbocycles. The summed E-state index contributed by atoms with van der Waals surface area (Å²) in [5.41, 5.74) is 0.415. The Kier molecular flexibility index (Phi) is 3.99. The Hall–Kier alpha value is -2.02. The lowest BCUT2D eigenvalue weighted by molar-refractivity contribution is 0.0697. The van der Waals surface area contributed by atoms with E-state index < -0.39 is 17.6 Å². The number of carbonyl (C=O) groups is 1. The molecule has 0 spiro atoms. The summed E-state index contributed by atoms with van der Waals surface area (Å²) in [6, 6.07) is 3.36. The van der Waals surface area contributed by atoms with Gasteiger partial charge in [-0.15, -0.1) is 0 Å². The standard InChI is InChI=1S/C13H9BrF2N2O2/c1-6-2-11(7(5-17-6)13(19)20)18-12-4-9(15)8(14)3-10(12)16/h2-5H,1H3,(H,17,18)(H,19,20). The highest BCUT2D eigenvalue weighted by molar-refractivity contribution is 9.10. The number of anilines is 2. The summed E-state index contributed by atoms with van der Waals surface area (Å²) >= 11 is 2.87. The number of aryl methyl sites for hydroxylation is 1. The van der Waals surface area contributed by atoms with Gasteiger partial charge in [0.2, 0.25) is 0 Å². The van der Waals surface area contributed by atoms with Gasteiger partial charge in [-0.2, -0.15) is 0 Å². The summed E-state index contributed by atoms with van der Waals surface area (Å²) < 4.78 is 27.1. The summed E-state index contributed by atoms with van der Waals surface area (Å²) in [6.45, 7) is 1.66. The van der Waals surface area contributed by atoms with E-state index in [4.69, 9.17) is 5.11 Å². The number of aromatic nitrogens is 1. The molecule has 104 valence electrons. The molecule has 0 saturated carbocycles. The van der Waals surface area contributed by atoms with Crippen LogP contribution in [-0.4, -0.2) is 16.1 Å². The Morgan fingerprint density at radius 3 is 2.60 bits per heavy atom. The predicted molar refractivity (Wildman–Crippen MR) is 73.3 cm³/mol. The Morgan fingerprint density at radius 2 is 1.95 bits per heavy atom. The van der Waals surface area contributed by atoms with Crippen LogP contribution < -0.4 is 5.32 Å². The largest absolute Gasteiger partial charge is 0.478 e. The lowest BCUT2D eigenvalue weighted by Crippen LogP contribution is -2.05. The van der Waals surface area contributed by atoms with Crippen molar-refractivity contribution in [2.24, 2.45) is 0 Å².